The number of nitrogens with zero attached hydrogens (tertiary/aromatic N) is 1. The summed E-state index contributed by atoms with van der Waals surface area (Å²) in [6.07, 6.45) is 1.10. The van der Waals surface area contributed by atoms with Gasteiger partial charge in [0.05, 0.1) is 14.2 Å². The van der Waals surface area contributed by atoms with Crippen molar-refractivity contribution in [2.45, 2.75) is 4.90 Å². The Morgan fingerprint density at radius 2 is 1.85 bits per heavy atom. The van der Waals surface area contributed by atoms with Crippen LogP contribution in [0.4, 0.5) is 5.88 Å². The molecule has 7 nitrogen and oxygen atoms in total. The van der Waals surface area contributed by atoms with Crippen LogP contribution in [0.25, 0.3) is 11.3 Å². The first-order valence-electron chi connectivity index (χ1n) is 5.56. The summed E-state index contributed by atoms with van der Waals surface area (Å²) in [6.45, 7) is 0. The minimum absolute atomic E-state index is 0.0390. The molecule has 0 fully saturated rings. The van der Waals surface area contributed by atoms with Crippen molar-refractivity contribution >= 4 is 15.7 Å². The first-order valence-corrected chi connectivity index (χ1v) is 7.45. The molecule has 0 atom stereocenters. The molecule has 1 aromatic carbocycles. The van der Waals surface area contributed by atoms with Gasteiger partial charge in [-0.15, -0.1) is 0 Å². The summed E-state index contributed by atoms with van der Waals surface area (Å²) < 4.78 is 38.7. The van der Waals surface area contributed by atoms with E-state index in [4.69, 9.17) is 19.7 Å². The molecule has 2 aromatic rings. The fourth-order valence-corrected chi connectivity index (χ4v) is 2.68. The third-order valence-corrected chi connectivity index (χ3v) is 3.81. The van der Waals surface area contributed by atoms with E-state index in [1.165, 1.54) is 26.4 Å². The van der Waals surface area contributed by atoms with Gasteiger partial charge in [-0.1, -0.05) is 5.16 Å². The fourth-order valence-electron chi connectivity index (χ4n) is 1.85. The van der Waals surface area contributed by atoms with Gasteiger partial charge < -0.3 is 19.7 Å². The first kappa shape index (κ1) is 14.2. The molecular weight excluding hydrogens is 284 g/mol. The second-order valence-corrected chi connectivity index (χ2v) is 6.05. The SMILES string of the molecule is COc1c(-c2cc(N)on2)ccc(S(C)(=O)=O)c1OC. The van der Waals surface area contributed by atoms with Crippen molar-refractivity contribution in [1.29, 1.82) is 0 Å². The molecule has 0 amide bonds. The molecule has 0 saturated heterocycles. The molecule has 0 radical (unpaired) electrons. The lowest BCUT2D eigenvalue weighted by atomic mass is 10.1. The number of hydrogen-bond acceptors (Lipinski definition) is 7. The quantitative estimate of drug-likeness (QED) is 0.908. The van der Waals surface area contributed by atoms with Gasteiger partial charge in [0, 0.05) is 17.9 Å². The Kier molecular flexibility index (Phi) is 3.58. The van der Waals surface area contributed by atoms with E-state index < -0.39 is 9.84 Å². The molecule has 0 saturated carbocycles. The highest BCUT2D eigenvalue weighted by molar-refractivity contribution is 7.90. The van der Waals surface area contributed by atoms with Crippen LogP contribution in [0.15, 0.2) is 27.6 Å². The molecule has 0 aliphatic carbocycles. The Hall–Kier alpha value is -2.22. The highest BCUT2D eigenvalue weighted by atomic mass is 32.2. The molecule has 0 bridgehead atoms. The monoisotopic (exact) mass is 298 g/mol. The Morgan fingerprint density at radius 1 is 1.20 bits per heavy atom. The lowest BCUT2D eigenvalue weighted by Crippen LogP contribution is -2.03. The third kappa shape index (κ3) is 2.42. The first-order chi connectivity index (χ1) is 9.38. The van der Waals surface area contributed by atoms with E-state index in [1.54, 1.807) is 6.07 Å². The normalized spacial score (nSPS) is 11.3. The van der Waals surface area contributed by atoms with Crippen LogP contribution in [0.3, 0.4) is 0 Å². The van der Waals surface area contributed by atoms with Gasteiger partial charge in [0.25, 0.3) is 0 Å². The highest BCUT2D eigenvalue weighted by Gasteiger charge is 2.23. The average Bonchev–Trinajstić information content (AvgIpc) is 2.82. The largest absolute Gasteiger partial charge is 0.492 e. The molecule has 2 N–H and O–H groups in total. The van der Waals surface area contributed by atoms with Crippen LogP contribution in [-0.4, -0.2) is 34.0 Å². The van der Waals surface area contributed by atoms with E-state index in [0.717, 1.165) is 6.26 Å². The topological polar surface area (TPSA) is 105 Å². The zero-order valence-electron chi connectivity index (χ0n) is 11.2. The molecule has 2 rings (SSSR count). The summed E-state index contributed by atoms with van der Waals surface area (Å²) in [5.41, 5.74) is 6.43. The number of nitrogen functional groups attached to an aromatic ring is 1. The van der Waals surface area contributed by atoms with Gasteiger partial charge in [0.2, 0.25) is 5.88 Å². The predicted molar refractivity (Wildman–Crippen MR) is 72.6 cm³/mol. The number of rotatable bonds is 4. The smallest absolute Gasteiger partial charge is 0.222 e. The van der Waals surface area contributed by atoms with E-state index in [1.807, 2.05) is 0 Å². The number of hydrogen-bond donors (Lipinski definition) is 1. The van der Waals surface area contributed by atoms with Gasteiger partial charge in [-0.05, 0) is 12.1 Å². The Labute approximate surface area is 116 Å². The molecule has 0 spiro atoms. The summed E-state index contributed by atoms with van der Waals surface area (Å²) in [4.78, 5) is 0.0390. The zero-order chi connectivity index (χ0) is 14.9. The average molecular weight is 298 g/mol. The maximum absolute atomic E-state index is 11.7. The summed E-state index contributed by atoms with van der Waals surface area (Å²) >= 11 is 0. The summed E-state index contributed by atoms with van der Waals surface area (Å²) in [7, 11) is -0.663. The van der Waals surface area contributed by atoms with Gasteiger partial charge in [0.1, 0.15) is 10.6 Å². The van der Waals surface area contributed by atoms with Crippen LogP contribution in [0, 0.1) is 0 Å². The van der Waals surface area contributed by atoms with Gasteiger partial charge in [0.15, 0.2) is 21.3 Å². The second-order valence-electron chi connectivity index (χ2n) is 4.06. The van der Waals surface area contributed by atoms with Crippen molar-refractivity contribution < 1.29 is 22.4 Å². The minimum atomic E-state index is -3.45. The number of anilines is 1. The highest BCUT2D eigenvalue weighted by Crippen LogP contribution is 2.42. The van der Waals surface area contributed by atoms with Crippen LogP contribution in [0.1, 0.15) is 0 Å². The van der Waals surface area contributed by atoms with Gasteiger partial charge in [-0.2, -0.15) is 0 Å². The summed E-state index contributed by atoms with van der Waals surface area (Å²) in [6, 6.07) is 4.50. The molecule has 0 aliphatic rings. The number of methoxy groups -OCH3 is 2. The van der Waals surface area contributed by atoms with Crippen molar-refractivity contribution in [2.75, 3.05) is 26.2 Å². The fraction of sp³-hybridized carbons (Fsp3) is 0.250. The molecule has 20 heavy (non-hydrogen) atoms. The maximum atomic E-state index is 11.7. The lowest BCUT2D eigenvalue weighted by molar-refractivity contribution is 0.347. The molecule has 1 heterocycles. The van der Waals surface area contributed by atoms with E-state index in [2.05, 4.69) is 5.16 Å². The maximum Gasteiger partial charge on any atom is 0.222 e. The number of sulfone groups is 1. The number of aromatic nitrogens is 1. The molecule has 8 heteroatoms. The van der Waals surface area contributed by atoms with Crippen molar-refractivity contribution in [1.82, 2.24) is 5.16 Å². The van der Waals surface area contributed by atoms with Crippen LogP contribution in [-0.2, 0) is 9.84 Å². The number of benzene rings is 1. The van der Waals surface area contributed by atoms with Gasteiger partial charge >= 0.3 is 0 Å². The van der Waals surface area contributed by atoms with Crippen molar-refractivity contribution in [3.63, 3.8) is 0 Å². The van der Waals surface area contributed by atoms with E-state index in [0.29, 0.717) is 11.3 Å². The Balaban J connectivity index is 2.73. The Bertz CT molecular complexity index is 736. The molecule has 0 aliphatic heterocycles. The predicted octanol–water partition coefficient (Wildman–Crippen LogP) is 1.34. The van der Waals surface area contributed by atoms with E-state index >= 15 is 0 Å². The van der Waals surface area contributed by atoms with Gasteiger partial charge in [-0.3, -0.25) is 0 Å². The second kappa shape index (κ2) is 5.04. The van der Waals surface area contributed by atoms with Crippen molar-refractivity contribution in [2.24, 2.45) is 0 Å². The van der Waals surface area contributed by atoms with Crippen molar-refractivity contribution in [3.05, 3.63) is 18.2 Å². The van der Waals surface area contributed by atoms with Crippen LogP contribution < -0.4 is 15.2 Å². The molecule has 0 unspecified atom stereocenters. The van der Waals surface area contributed by atoms with Crippen LogP contribution in [0.2, 0.25) is 0 Å². The number of ether oxygens (including phenoxy) is 2. The lowest BCUT2D eigenvalue weighted by Gasteiger charge is -2.14. The zero-order valence-corrected chi connectivity index (χ0v) is 12.0. The van der Waals surface area contributed by atoms with E-state index in [9.17, 15) is 8.42 Å². The molecule has 1 aromatic heterocycles. The van der Waals surface area contributed by atoms with Crippen LogP contribution >= 0.6 is 0 Å². The summed E-state index contributed by atoms with van der Waals surface area (Å²) in [5.74, 6) is 0.519. The minimum Gasteiger partial charge on any atom is -0.492 e. The summed E-state index contributed by atoms with van der Waals surface area (Å²) in [5, 5.41) is 3.78. The van der Waals surface area contributed by atoms with E-state index in [-0.39, 0.29) is 22.3 Å². The number of nitrogens with two attached hydrogens (primary N) is 1. The molecular formula is C12H14N2O5S. The van der Waals surface area contributed by atoms with Crippen molar-refractivity contribution in [3.8, 4) is 22.8 Å². The Morgan fingerprint density at radius 3 is 2.30 bits per heavy atom. The molecule has 108 valence electrons. The standard InChI is InChI=1S/C12H14N2O5S/c1-17-11-7(8-6-10(13)19-14-8)4-5-9(12(11)18-2)20(3,15)16/h4-6H,13H2,1-3H3. The van der Waals surface area contributed by atoms with Crippen LogP contribution in [0.5, 0.6) is 11.5 Å². The van der Waals surface area contributed by atoms with Gasteiger partial charge in [-0.25, -0.2) is 8.42 Å². The third-order valence-electron chi connectivity index (χ3n) is 2.69.